The zero-order chi connectivity index (χ0) is 13.0. The molecule has 1 N–H and O–H groups in total. The number of rotatable bonds is 4. The van der Waals surface area contributed by atoms with Gasteiger partial charge in [0.15, 0.2) is 0 Å². The number of halogens is 1. The fraction of sp³-hybridized carbons (Fsp3) is 0.667. The van der Waals surface area contributed by atoms with Crippen LogP contribution in [0.1, 0.15) is 25.3 Å². The zero-order valence-electron chi connectivity index (χ0n) is 10.6. The molecule has 0 radical (unpaired) electrons. The molecule has 18 heavy (non-hydrogen) atoms. The van der Waals surface area contributed by atoms with Crippen molar-refractivity contribution in [3.8, 4) is 0 Å². The summed E-state index contributed by atoms with van der Waals surface area (Å²) in [5, 5.41) is 4.66. The van der Waals surface area contributed by atoms with Crippen molar-refractivity contribution in [2.75, 3.05) is 29.1 Å². The van der Waals surface area contributed by atoms with Gasteiger partial charge in [-0.25, -0.2) is 9.97 Å². The predicted octanol–water partition coefficient (Wildman–Crippen LogP) is 3.51. The Bertz CT molecular complexity index is 395. The maximum atomic E-state index is 6.15. The summed E-state index contributed by atoms with van der Waals surface area (Å²) in [5.41, 5.74) is 1.02. The molecule has 0 amide bonds. The van der Waals surface area contributed by atoms with E-state index in [1.165, 1.54) is 23.6 Å². The second-order valence-electron chi connectivity index (χ2n) is 4.53. The lowest BCUT2D eigenvalue weighted by Crippen LogP contribution is -2.24. The van der Waals surface area contributed by atoms with E-state index in [2.05, 4.69) is 29.1 Å². The van der Waals surface area contributed by atoms with Crippen LogP contribution in [0.2, 0.25) is 5.15 Å². The van der Waals surface area contributed by atoms with Gasteiger partial charge in [-0.05, 0) is 5.92 Å². The third-order valence-electron chi connectivity index (χ3n) is 2.79. The largest absolute Gasteiger partial charge is 0.369 e. The van der Waals surface area contributed by atoms with Crippen molar-refractivity contribution in [2.24, 2.45) is 0 Å². The van der Waals surface area contributed by atoms with Crippen LogP contribution in [0.25, 0.3) is 0 Å². The molecule has 6 heteroatoms. The molecule has 0 aliphatic carbocycles. The molecule has 1 fully saturated rings. The van der Waals surface area contributed by atoms with Gasteiger partial charge in [0.1, 0.15) is 17.3 Å². The van der Waals surface area contributed by atoms with Gasteiger partial charge in [-0.1, -0.05) is 25.4 Å². The summed E-state index contributed by atoms with van der Waals surface area (Å²) >= 11 is 10.2. The summed E-state index contributed by atoms with van der Waals surface area (Å²) in [6, 6.07) is 0. The molecule has 1 aromatic rings. The Labute approximate surface area is 122 Å². The molecule has 1 unspecified atom stereocenters. The third kappa shape index (κ3) is 3.68. The quantitative estimate of drug-likeness (QED) is 0.862. The predicted molar refractivity (Wildman–Crippen MR) is 83.2 cm³/mol. The molecule has 0 spiro atoms. The number of thioether (sulfide) groups is 2. The Kier molecular flexibility index (Phi) is 5.45. The summed E-state index contributed by atoms with van der Waals surface area (Å²) in [4.78, 5) is 8.38. The Morgan fingerprint density at radius 1 is 1.44 bits per heavy atom. The first-order valence-electron chi connectivity index (χ1n) is 6.12. The SMILES string of the molecule is CC(C)c1c(Cl)ncnc1NCC1CSCCS1. The van der Waals surface area contributed by atoms with Crippen molar-refractivity contribution in [1.29, 1.82) is 0 Å². The average molecular weight is 304 g/mol. The smallest absolute Gasteiger partial charge is 0.138 e. The van der Waals surface area contributed by atoms with Crippen molar-refractivity contribution in [3.05, 3.63) is 17.0 Å². The lowest BCUT2D eigenvalue weighted by Gasteiger charge is -2.22. The van der Waals surface area contributed by atoms with Crippen molar-refractivity contribution in [1.82, 2.24) is 9.97 Å². The van der Waals surface area contributed by atoms with E-state index in [9.17, 15) is 0 Å². The standard InChI is InChI=1S/C12H18ClN3S2/c1-8(2)10-11(13)15-7-16-12(10)14-5-9-6-17-3-4-18-9/h7-9H,3-6H2,1-2H3,(H,14,15,16). The third-order valence-corrected chi connectivity index (χ3v) is 5.94. The highest BCUT2D eigenvalue weighted by Crippen LogP contribution is 2.29. The van der Waals surface area contributed by atoms with E-state index in [1.54, 1.807) is 0 Å². The van der Waals surface area contributed by atoms with E-state index in [0.29, 0.717) is 16.3 Å². The first-order valence-corrected chi connectivity index (χ1v) is 8.70. The van der Waals surface area contributed by atoms with E-state index < -0.39 is 0 Å². The minimum Gasteiger partial charge on any atom is -0.369 e. The summed E-state index contributed by atoms with van der Waals surface area (Å²) in [6.45, 7) is 5.17. The van der Waals surface area contributed by atoms with E-state index in [4.69, 9.17) is 11.6 Å². The van der Waals surface area contributed by atoms with Crippen LogP contribution < -0.4 is 5.32 Å². The minimum atomic E-state index is 0.328. The van der Waals surface area contributed by atoms with Crippen LogP contribution in [0.3, 0.4) is 0 Å². The van der Waals surface area contributed by atoms with Gasteiger partial charge in [-0.3, -0.25) is 0 Å². The fourth-order valence-corrected chi connectivity index (χ4v) is 4.85. The molecule has 1 saturated heterocycles. The van der Waals surface area contributed by atoms with Gasteiger partial charge in [0.05, 0.1) is 0 Å². The van der Waals surface area contributed by atoms with Crippen molar-refractivity contribution in [2.45, 2.75) is 25.0 Å². The van der Waals surface area contributed by atoms with Crippen LogP contribution in [0, 0.1) is 0 Å². The van der Waals surface area contributed by atoms with Crippen LogP contribution >= 0.6 is 35.1 Å². The van der Waals surface area contributed by atoms with Gasteiger partial charge < -0.3 is 5.32 Å². The summed E-state index contributed by atoms with van der Waals surface area (Å²) < 4.78 is 0. The maximum Gasteiger partial charge on any atom is 0.138 e. The molecular weight excluding hydrogens is 286 g/mol. The zero-order valence-corrected chi connectivity index (χ0v) is 13.0. The molecular formula is C12H18ClN3S2. The molecule has 0 aromatic carbocycles. The normalized spacial score (nSPS) is 20.1. The molecule has 3 nitrogen and oxygen atoms in total. The number of nitrogens with one attached hydrogen (secondary N) is 1. The van der Waals surface area contributed by atoms with E-state index >= 15 is 0 Å². The summed E-state index contributed by atoms with van der Waals surface area (Å²) in [5.74, 6) is 4.96. The molecule has 100 valence electrons. The monoisotopic (exact) mass is 303 g/mol. The first-order chi connectivity index (χ1) is 8.68. The molecule has 1 aliphatic rings. The van der Waals surface area contributed by atoms with E-state index in [-0.39, 0.29) is 0 Å². The first kappa shape index (κ1) is 14.3. The molecule has 2 rings (SSSR count). The Morgan fingerprint density at radius 3 is 2.94 bits per heavy atom. The number of aromatic nitrogens is 2. The highest BCUT2D eigenvalue weighted by atomic mass is 35.5. The number of hydrogen-bond donors (Lipinski definition) is 1. The van der Waals surface area contributed by atoms with Gasteiger partial charge in [-0.15, -0.1) is 0 Å². The Morgan fingerprint density at radius 2 is 2.28 bits per heavy atom. The van der Waals surface area contributed by atoms with Gasteiger partial charge in [0.2, 0.25) is 0 Å². The number of anilines is 1. The molecule has 1 aliphatic heterocycles. The second kappa shape index (κ2) is 6.87. The molecule has 0 bridgehead atoms. The molecule has 1 atom stereocenters. The minimum absolute atomic E-state index is 0.328. The Hall–Kier alpha value is -0.130. The van der Waals surface area contributed by atoms with Gasteiger partial charge in [0, 0.05) is 34.6 Å². The van der Waals surface area contributed by atoms with E-state index in [1.807, 2.05) is 23.5 Å². The number of hydrogen-bond acceptors (Lipinski definition) is 5. The lowest BCUT2D eigenvalue weighted by atomic mass is 10.1. The maximum absolute atomic E-state index is 6.15. The van der Waals surface area contributed by atoms with Gasteiger partial charge >= 0.3 is 0 Å². The lowest BCUT2D eigenvalue weighted by molar-refractivity contribution is 0.842. The molecule has 1 aromatic heterocycles. The van der Waals surface area contributed by atoms with Gasteiger partial charge in [0.25, 0.3) is 0 Å². The fourth-order valence-electron chi connectivity index (χ4n) is 1.89. The number of nitrogens with zero attached hydrogens (tertiary/aromatic N) is 2. The van der Waals surface area contributed by atoms with Crippen LogP contribution in [-0.2, 0) is 0 Å². The molecule has 2 heterocycles. The summed E-state index contributed by atoms with van der Waals surface area (Å²) in [6.07, 6.45) is 1.53. The van der Waals surface area contributed by atoms with Crippen molar-refractivity contribution in [3.63, 3.8) is 0 Å². The average Bonchev–Trinajstić information content (AvgIpc) is 2.37. The van der Waals surface area contributed by atoms with Crippen LogP contribution in [0.4, 0.5) is 5.82 Å². The highest BCUT2D eigenvalue weighted by Gasteiger charge is 2.17. The summed E-state index contributed by atoms with van der Waals surface area (Å²) in [7, 11) is 0. The molecule has 0 saturated carbocycles. The topological polar surface area (TPSA) is 37.8 Å². The highest BCUT2D eigenvalue weighted by molar-refractivity contribution is 8.06. The van der Waals surface area contributed by atoms with Crippen molar-refractivity contribution >= 4 is 40.9 Å². The second-order valence-corrected chi connectivity index (χ2v) is 7.45. The van der Waals surface area contributed by atoms with Crippen LogP contribution in [0.5, 0.6) is 0 Å². The van der Waals surface area contributed by atoms with Crippen molar-refractivity contribution < 1.29 is 0 Å². The Balaban J connectivity index is 2.02. The van der Waals surface area contributed by atoms with E-state index in [0.717, 1.165) is 17.9 Å². The van der Waals surface area contributed by atoms with Gasteiger partial charge in [-0.2, -0.15) is 23.5 Å². The van der Waals surface area contributed by atoms with Crippen LogP contribution in [0.15, 0.2) is 6.33 Å². The van der Waals surface area contributed by atoms with Crippen LogP contribution in [-0.4, -0.2) is 39.0 Å².